The third-order valence-electron chi connectivity index (χ3n) is 1.33. The van der Waals surface area contributed by atoms with E-state index in [0.29, 0.717) is 0 Å². The topological polar surface area (TPSA) is 3.24 Å². The fourth-order valence-corrected chi connectivity index (χ4v) is 0.875. The molecule has 1 aliphatic rings. The van der Waals surface area contributed by atoms with Crippen LogP contribution in [0.15, 0.2) is 0 Å². The van der Waals surface area contributed by atoms with Crippen molar-refractivity contribution in [2.75, 3.05) is 25.5 Å². The Morgan fingerprint density at radius 3 is 1.78 bits per heavy atom. The molecule has 1 nitrogen and oxygen atoms in total. The van der Waals surface area contributed by atoms with Crippen LogP contribution < -0.4 is 0 Å². The Balaban J connectivity index is 0.000000187. The zero-order valence-electron chi connectivity index (χ0n) is 6.36. The first kappa shape index (κ1) is 9.44. The monoisotopic (exact) mass is 193 g/mol. The molecule has 1 saturated heterocycles. The molecule has 2 heteroatoms. The van der Waals surface area contributed by atoms with Crippen molar-refractivity contribution in [3.63, 3.8) is 0 Å². The van der Waals surface area contributed by atoms with Gasteiger partial charge in [-0.3, -0.25) is 0 Å². The molecule has 1 aliphatic heterocycles. The van der Waals surface area contributed by atoms with Gasteiger partial charge >= 0.3 is 0 Å². The van der Waals surface area contributed by atoms with Gasteiger partial charge in [-0.2, -0.15) is 0 Å². The molecule has 1 rings (SSSR count). The normalized spacial score (nSPS) is 19.0. The Kier molecular flexibility index (Phi) is 6.88. The molecule has 0 aliphatic carbocycles. The minimum Gasteiger partial charge on any atom is -0.306 e. The zero-order valence-corrected chi connectivity index (χ0v) is 7.95. The highest BCUT2D eigenvalue weighted by Gasteiger charge is 2.03. The number of hydrogen-bond donors (Lipinski definition) is 0. The number of rotatable bonds is 0. The van der Waals surface area contributed by atoms with E-state index in [1.54, 1.807) is 0 Å². The summed E-state index contributed by atoms with van der Waals surface area (Å²) in [6.07, 6.45) is 2.83. The van der Waals surface area contributed by atoms with E-state index in [2.05, 4.69) is 27.9 Å². The lowest BCUT2D eigenvalue weighted by atomic mass is 10.4. The van der Waals surface area contributed by atoms with Crippen molar-refractivity contribution in [1.29, 1.82) is 0 Å². The Labute approximate surface area is 66.6 Å². The fourth-order valence-electron chi connectivity index (χ4n) is 0.875. The molecule has 0 bridgehead atoms. The highest BCUT2D eigenvalue weighted by atomic mass is 79.9. The van der Waals surface area contributed by atoms with E-state index in [0.717, 1.165) is 5.33 Å². The lowest BCUT2D eigenvalue weighted by Crippen LogP contribution is -2.10. The van der Waals surface area contributed by atoms with Crippen molar-refractivity contribution in [3.8, 4) is 0 Å². The van der Waals surface area contributed by atoms with Gasteiger partial charge in [0, 0.05) is 5.33 Å². The zero-order chi connectivity index (χ0) is 7.11. The lowest BCUT2D eigenvalue weighted by molar-refractivity contribution is 0.418. The molecule has 9 heavy (non-hydrogen) atoms. The molecule has 0 atom stereocenters. The highest BCUT2D eigenvalue weighted by Crippen LogP contribution is 2.01. The van der Waals surface area contributed by atoms with Gasteiger partial charge in [0.2, 0.25) is 0 Å². The Bertz CT molecular complexity index is 50.9. The minimum atomic E-state index is 1.06. The molecule has 0 amide bonds. The average Bonchev–Trinajstić information content (AvgIpc) is 2.20. The van der Waals surface area contributed by atoms with Crippen molar-refractivity contribution >= 4 is 15.9 Å². The van der Waals surface area contributed by atoms with Crippen LogP contribution in [0.25, 0.3) is 0 Å². The summed E-state index contributed by atoms with van der Waals surface area (Å²) in [6, 6.07) is 0. The van der Waals surface area contributed by atoms with E-state index in [-0.39, 0.29) is 0 Å². The van der Waals surface area contributed by atoms with Crippen LogP contribution in [0.3, 0.4) is 0 Å². The van der Waals surface area contributed by atoms with Crippen LogP contribution in [-0.2, 0) is 0 Å². The van der Waals surface area contributed by atoms with Crippen molar-refractivity contribution in [3.05, 3.63) is 0 Å². The largest absolute Gasteiger partial charge is 0.306 e. The van der Waals surface area contributed by atoms with E-state index < -0.39 is 0 Å². The first-order chi connectivity index (χ1) is 4.31. The maximum atomic E-state index is 3.15. The van der Waals surface area contributed by atoms with Crippen molar-refractivity contribution in [2.24, 2.45) is 0 Å². The standard InChI is InChI=1S/C5H11N.C2H5Br/c1-6-4-2-3-5-6;1-2-3/h2-5H2,1H3;2H2,1H3. The second-order valence-electron chi connectivity index (χ2n) is 2.28. The molecule has 0 aromatic heterocycles. The molecular formula is C7H16BrN. The maximum absolute atomic E-state index is 3.15. The summed E-state index contributed by atoms with van der Waals surface area (Å²) >= 11 is 3.15. The molecule has 0 aromatic carbocycles. The number of likely N-dealkylation sites (tertiary alicyclic amines) is 1. The molecule has 0 spiro atoms. The van der Waals surface area contributed by atoms with Gasteiger partial charge in [0.15, 0.2) is 0 Å². The number of hydrogen-bond acceptors (Lipinski definition) is 1. The van der Waals surface area contributed by atoms with Crippen LogP contribution in [0, 0.1) is 0 Å². The SMILES string of the molecule is CCBr.CN1CCCC1. The van der Waals surface area contributed by atoms with Crippen LogP contribution >= 0.6 is 15.9 Å². The van der Waals surface area contributed by atoms with Crippen molar-refractivity contribution < 1.29 is 0 Å². The first-order valence-corrected chi connectivity index (χ1v) is 4.68. The van der Waals surface area contributed by atoms with Crippen LogP contribution in [-0.4, -0.2) is 30.4 Å². The van der Waals surface area contributed by atoms with Crippen LogP contribution in [0.5, 0.6) is 0 Å². The van der Waals surface area contributed by atoms with Crippen LogP contribution in [0.1, 0.15) is 19.8 Å². The highest BCUT2D eigenvalue weighted by molar-refractivity contribution is 9.09. The predicted octanol–water partition coefficient (Wildman–Crippen LogP) is 2.11. The lowest BCUT2D eigenvalue weighted by Gasteiger charge is -2.01. The molecule has 1 heterocycles. The molecular weight excluding hydrogens is 178 g/mol. The van der Waals surface area contributed by atoms with E-state index >= 15 is 0 Å². The summed E-state index contributed by atoms with van der Waals surface area (Å²) in [7, 11) is 2.17. The van der Waals surface area contributed by atoms with Gasteiger partial charge in [-0.25, -0.2) is 0 Å². The number of alkyl halides is 1. The number of halogens is 1. The third-order valence-corrected chi connectivity index (χ3v) is 1.33. The summed E-state index contributed by atoms with van der Waals surface area (Å²) < 4.78 is 0. The first-order valence-electron chi connectivity index (χ1n) is 3.55. The molecule has 0 aromatic rings. The Morgan fingerprint density at radius 1 is 1.33 bits per heavy atom. The van der Waals surface area contributed by atoms with Crippen LogP contribution in [0.4, 0.5) is 0 Å². The molecule has 0 N–H and O–H groups in total. The minimum absolute atomic E-state index is 1.06. The maximum Gasteiger partial charge on any atom is 0.000281 e. The quantitative estimate of drug-likeness (QED) is 0.534. The van der Waals surface area contributed by atoms with Gasteiger partial charge < -0.3 is 4.90 Å². The molecule has 0 radical (unpaired) electrons. The molecule has 56 valence electrons. The third kappa shape index (κ3) is 6.32. The fraction of sp³-hybridized carbons (Fsp3) is 1.00. The summed E-state index contributed by atoms with van der Waals surface area (Å²) in [6.45, 7) is 4.68. The van der Waals surface area contributed by atoms with Crippen LogP contribution in [0.2, 0.25) is 0 Å². The van der Waals surface area contributed by atoms with Gasteiger partial charge in [0.25, 0.3) is 0 Å². The summed E-state index contributed by atoms with van der Waals surface area (Å²) in [5.74, 6) is 0. The van der Waals surface area contributed by atoms with E-state index in [9.17, 15) is 0 Å². The predicted molar refractivity (Wildman–Crippen MR) is 46.2 cm³/mol. The summed E-state index contributed by atoms with van der Waals surface area (Å²) in [5, 5.41) is 1.06. The average molecular weight is 194 g/mol. The second kappa shape index (κ2) is 6.56. The van der Waals surface area contributed by atoms with Gasteiger partial charge in [-0.1, -0.05) is 22.9 Å². The van der Waals surface area contributed by atoms with Gasteiger partial charge in [0.05, 0.1) is 0 Å². The van der Waals surface area contributed by atoms with Gasteiger partial charge in [0.1, 0.15) is 0 Å². The van der Waals surface area contributed by atoms with E-state index in [1.165, 1.54) is 25.9 Å². The van der Waals surface area contributed by atoms with Crippen molar-refractivity contribution in [1.82, 2.24) is 4.90 Å². The second-order valence-corrected chi connectivity index (χ2v) is 3.40. The molecule has 1 fully saturated rings. The number of nitrogens with zero attached hydrogens (tertiary/aromatic N) is 1. The smallest absolute Gasteiger partial charge is 0.000281 e. The Morgan fingerprint density at radius 2 is 1.67 bits per heavy atom. The summed E-state index contributed by atoms with van der Waals surface area (Å²) in [5.41, 5.74) is 0. The summed E-state index contributed by atoms with van der Waals surface area (Å²) in [4.78, 5) is 2.36. The van der Waals surface area contributed by atoms with Crippen molar-refractivity contribution in [2.45, 2.75) is 19.8 Å². The van der Waals surface area contributed by atoms with Gasteiger partial charge in [-0.05, 0) is 33.0 Å². The van der Waals surface area contributed by atoms with Gasteiger partial charge in [-0.15, -0.1) is 0 Å². The Hall–Kier alpha value is 0.440. The van der Waals surface area contributed by atoms with E-state index in [4.69, 9.17) is 0 Å². The molecule has 0 unspecified atom stereocenters. The van der Waals surface area contributed by atoms with E-state index in [1.807, 2.05) is 6.92 Å². The molecule has 0 saturated carbocycles.